The lowest BCUT2D eigenvalue weighted by Crippen LogP contribution is -2.02. The van der Waals surface area contributed by atoms with Gasteiger partial charge in [0.25, 0.3) is 0 Å². The summed E-state index contributed by atoms with van der Waals surface area (Å²) < 4.78 is 15.3. The summed E-state index contributed by atoms with van der Waals surface area (Å²) in [6.45, 7) is 2.38. The van der Waals surface area contributed by atoms with Crippen LogP contribution in [0.4, 0.5) is 4.39 Å². The van der Waals surface area contributed by atoms with Crippen LogP contribution in [0, 0.1) is 12.7 Å². The molecule has 0 radical (unpaired) electrons. The van der Waals surface area contributed by atoms with Gasteiger partial charge in [-0.1, -0.05) is 11.6 Å². The third-order valence-electron chi connectivity index (χ3n) is 3.17. The summed E-state index contributed by atoms with van der Waals surface area (Å²) in [5.74, 6) is 0.495. The van der Waals surface area contributed by atoms with E-state index in [4.69, 9.17) is 11.6 Å². The van der Waals surface area contributed by atoms with Crippen molar-refractivity contribution < 1.29 is 4.39 Å². The van der Waals surface area contributed by atoms with Crippen molar-refractivity contribution in [1.82, 2.24) is 14.5 Å². The van der Waals surface area contributed by atoms with Crippen LogP contribution < -0.4 is 0 Å². The number of halogens is 2. The summed E-state index contributed by atoms with van der Waals surface area (Å²) in [4.78, 5) is 8.63. The summed E-state index contributed by atoms with van der Waals surface area (Å²) in [7, 11) is 0. The molecule has 0 unspecified atom stereocenters. The number of benzene rings is 1. The monoisotopic (exact) mass is 301 g/mol. The van der Waals surface area contributed by atoms with E-state index >= 15 is 0 Å². The Morgan fingerprint density at radius 2 is 2.14 bits per heavy atom. The summed E-state index contributed by atoms with van der Waals surface area (Å²) in [6, 6.07) is 8.18. The van der Waals surface area contributed by atoms with Crippen LogP contribution in [0.25, 0.3) is 11.4 Å². The number of imidazole rings is 1. The van der Waals surface area contributed by atoms with Gasteiger partial charge < -0.3 is 4.57 Å². The minimum absolute atomic E-state index is 0.297. The van der Waals surface area contributed by atoms with Crippen LogP contribution in [-0.4, -0.2) is 14.5 Å². The van der Waals surface area contributed by atoms with E-state index in [1.165, 1.54) is 12.1 Å². The highest BCUT2D eigenvalue weighted by molar-refractivity contribution is 6.31. The molecule has 0 amide bonds. The smallest absolute Gasteiger partial charge is 0.142 e. The second-order valence-electron chi connectivity index (χ2n) is 4.81. The predicted octanol–water partition coefficient (Wildman–Crippen LogP) is 4.09. The van der Waals surface area contributed by atoms with Gasteiger partial charge in [0.2, 0.25) is 0 Å². The molecule has 0 aliphatic rings. The molecule has 0 saturated heterocycles. The van der Waals surface area contributed by atoms with Crippen LogP contribution in [0.2, 0.25) is 5.02 Å². The van der Waals surface area contributed by atoms with Crippen LogP contribution in [0.3, 0.4) is 0 Å². The zero-order valence-corrected chi connectivity index (χ0v) is 12.2. The van der Waals surface area contributed by atoms with E-state index in [0.717, 1.165) is 22.6 Å². The molecule has 3 aromatic rings. The molecule has 0 bridgehead atoms. The van der Waals surface area contributed by atoms with Crippen molar-refractivity contribution in [3.8, 4) is 11.4 Å². The highest BCUT2D eigenvalue weighted by Gasteiger charge is 2.11. The average Bonchev–Trinajstić information content (AvgIpc) is 2.85. The molecular formula is C16H13ClFN3. The average molecular weight is 302 g/mol. The predicted molar refractivity (Wildman–Crippen MR) is 80.7 cm³/mol. The summed E-state index contributed by atoms with van der Waals surface area (Å²) in [6.07, 6.45) is 5.39. The summed E-state index contributed by atoms with van der Waals surface area (Å²) in [5.41, 5.74) is 2.53. The first kappa shape index (κ1) is 13.8. The largest absolute Gasteiger partial charge is 0.326 e. The van der Waals surface area contributed by atoms with Crippen LogP contribution in [0.15, 0.2) is 48.9 Å². The first-order chi connectivity index (χ1) is 10.1. The molecule has 2 heterocycles. The van der Waals surface area contributed by atoms with Gasteiger partial charge in [-0.3, -0.25) is 4.98 Å². The lowest BCUT2D eigenvalue weighted by Gasteiger charge is -2.09. The quantitative estimate of drug-likeness (QED) is 0.729. The van der Waals surface area contributed by atoms with Gasteiger partial charge in [-0.15, -0.1) is 0 Å². The van der Waals surface area contributed by atoms with Crippen molar-refractivity contribution in [2.45, 2.75) is 13.5 Å². The molecule has 0 saturated carbocycles. The van der Waals surface area contributed by atoms with E-state index in [1.54, 1.807) is 18.5 Å². The van der Waals surface area contributed by atoms with Gasteiger partial charge >= 0.3 is 0 Å². The molecule has 0 fully saturated rings. The van der Waals surface area contributed by atoms with Crippen molar-refractivity contribution in [2.75, 3.05) is 0 Å². The zero-order chi connectivity index (χ0) is 14.8. The Morgan fingerprint density at radius 3 is 2.90 bits per heavy atom. The fourth-order valence-electron chi connectivity index (χ4n) is 2.24. The van der Waals surface area contributed by atoms with Crippen LogP contribution in [0.5, 0.6) is 0 Å². The number of rotatable bonds is 3. The molecule has 106 valence electrons. The van der Waals surface area contributed by atoms with Crippen molar-refractivity contribution in [3.05, 3.63) is 71.0 Å². The van der Waals surface area contributed by atoms with Gasteiger partial charge in [-0.2, -0.15) is 0 Å². The Hall–Kier alpha value is -2.20. The fraction of sp³-hybridized carbons (Fsp3) is 0.125. The summed E-state index contributed by atoms with van der Waals surface area (Å²) in [5, 5.41) is 0.542. The topological polar surface area (TPSA) is 30.7 Å². The van der Waals surface area contributed by atoms with E-state index in [-0.39, 0.29) is 5.82 Å². The number of hydrogen-bond acceptors (Lipinski definition) is 2. The van der Waals surface area contributed by atoms with Crippen molar-refractivity contribution >= 4 is 11.6 Å². The first-order valence-corrected chi connectivity index (χ1v) is 6.89. The molecule has 3 nitrogen and oxygen atoms in total. The van der Waals surface area contributed by atoms with Gasteiger partial charge in [-0.25, -0.2) is 9.37 Å². The molecule has 2 aromatic heterocycles. The molecule has 21 heavy (non-hydrogen) atoms. The lowest BCUT2D eigenvalue weighted by molar-refractivity contribution is 0.623. The van der Waals surface area contributed by atoms with E-state index in [9.17, 15) is 4.39 Å². The number of aromatic nitrogens is 3. The highest BCUT2D eigenvalue weighted by atomic mass is 35.5. The Kier molecular flexibility index (Phi) is 3.71. The maximum Gasteiger partial charge on any atom is 0.142 e. The Labute approximate surface area is 127 Å². The molecule has 1 aromatic carbocycles. The molecule has 3 rings (SSSR count). The maximum atomic E-state index is 13.4. The number of nitrogens with zero attached hydrogens (tertiary/aromatic N) is 3. The van der Waals surface area contributed by atoms with Crippen LogP contribution in [-0.2, 0) is 6.54 Å². The van der Waals surface area contributed by atoms with Gasteiger partial charge in [-0.05, 0) is 42.8 Å². The summed E-state index contributed by atoms with van der Waals surface area (Å²) >= 11 is 6.14. The first-order valence-electron chi connectivity index (χ1n) is 6.51. The standard InChI is InChI=1S/C16H13ClFN3/c1-11-9-21(10-13-7-14(18)4-5-15(13)17)16(20-11)12-3-2-6-19-8-12/h2-9H,10H2,1H3. The number of hydrogen-bond donors (Lipinski definition) is 0. The van der Waals surface area contributed by atoms with Crippen molar-refractivity contribution in [2.24, 2.45) is 0 Å². The molecule has 5 heteroatoms. The highest BCUT2D eigenvalue weighted by Crippen LogP contribution is 2.23. The molecule has 0 spiro atoms. The SMILES string of the molecule is Cc1cn(Cc2cc(F)ccc2Cl)c(-c2cccnc2)n1. The molecular weight excluding hydrogens is 289 g/mol. The normalized spacial score (nSPS) is 10.8. The second-order valence-corrected chi connectivity index (χ2v) is 5.22. The van der Waals surface area contributed by atoms with E-state index in [2.05, 4.69) is 9.97 Å². The zero-order valence-electron chi connectivity index (χ0n) is 11.4. The second kappa shape index (κ2) is 5.66. The Bertz CT molecular complexity index is 768. The third kappa shape index (κ3) is 2.95. The minimum Gasteiger partial charge on any atom is -0.326 e. The number of aryl methyl sites for hydroxylation is 1. The van der Waals surface area contributed by atoms with Crippen LogP contribution >= 0.6 is 11.6 Å². The molecule has 0 aliphatic carbocycles. The van der Waals surface area contributed by atoms with Gasteiger partial charge in [0.15, 0.2) is 0 Å². The van der Waals surface area contributed by atoms with E-state index < -0.39 is 0 Å². The lowest BCUT2D eigenvalue weighted by atomic mass is 10.2. The minimum atomic E-state index is -0.297. The van der Waals surface area contributed by atoms with Gasteiger partial charge in [0.05, 0.1) is 12.2 Å². The van der Waals surface area contributed by atoms with Crippen molar-refractivity contribution in [3.63, 3.8) is 0 Å². The number of pyridine rings is 1. The Balaban J connectivity index is 2.02. The molecule has 0 aliphatic heterocycles. The Morgan fingerprint density at radius 1 is 1.29 bits per heavy atom. The van der Waals surface area contributed by atoms with E-state index in [0.29, 0.717) is 11.6 Å². The van der Waals surface area contributed by atoms with Crippen molar-refractivity contribution in [1.29, 1.82) is 0 Å². The molecule has 0 atom stereocenters. The molecule has 0 N–H and O–H groups in total. The fourth-order valence-corrected chi connectivity index (χ4v) is 2.42. The van der Waals surface area contributed by atoms with Gasteiger partial charge in [0.1, 0.15) is 11.6 Å². The van der Waals surface area contributed by atoms with E-state index in [1.807, 2.05) is 29.8 Å². The van der Waals surface area contributed by atoms with Crippen LogP contribution in [0.1, 0.15) is 11.3 Å². The van der Waals surface area contributed by atoms with Gasteiger partial charge in [0, 0.05) is 29.2 Å². The third-order valence-corrected chi connectivity index (χ3v) is 3.53. The maximum absolute atomic E-state index is 13.4.